The first-order chi connectivity index (χ1) is 12.1. The van der Waals surface area contributed by atoms with Gasteiger partial charge in [-0.1, -0.05) is 24.6 Å². The fraction of sp³-hybridized carbons (Fsp3) is 0.500. The number of nitrogens with zero attached hydrogens (tertiary/aromatic N) is 2. The van der Waals surface area contributed by atoms with Crippen LogP contribution in [0.1, 0.15) is 31.7 Å². The van der Waals surface area contributed by atoms with Gasteiger partial charge in [0, 0.05) is 26.2 Å². The molecule has 1 aliphatic rings. The predicted molar refractivity (Wildman–Crippen MR) is 117 cm³/mol. The minimum absolute atomic E-state index is 0. The van der Waals surface area contributed by atoms with Crippen LogP contribution >= 0.6 is 24.0 Å². The fourth-order valence-corrected chi connectivity index (χ4v) is 4.33. The summed E-state index contributed by atoms with van der Waals surface area (Å²) in [6.07, 6.45) is 4.73. The summed E-state index contributed by atoms with van der Waals surface area (Å²) < 4.78 is 27.1. The van der Waals surface area contributed by atoms with Gasteiger partial charge in [0.25, 0.3) is 0 Å². The fourth-order valence-electron chi connectivity index (χ4n) is 2.74. The van der Waals surface area contributed by atoms with Crippen LogP contribution in [0, 0.1) is 0 Å². The Balaban J connectivity index is 0.00000338. The van der Waals surface area contributed by atoms with Crippen LogP contribution in [0.4, 0.5) is 0 Å². The third-order valence-electron chi connectivity index (χ3n) is 4.03. The van der Waals surface area contributed by atoms with E-state index in [-0.39, 0.29) is 24.0 Å². The van der Waals surface area contributed by atoms with Crippen LogP contribution in [0.2, 0.25) is 0 Å². The lowest BCUT2D eigenvalue weighted by atomic mass is 10.2. The molecule has 0 aromatic heterocycles. The number of hydrogen-bond acceptors (Lipinski definition) is 3. The summed E-state index contributed by atoms with van der Waals surface area (Å²) in [7, 11) is -3.41. The van der Waals surface area contributed by atoms with Gasteiger partial charge in [-0.3, -0.25) is 0 Å². The van der Waals surface area contributed by atoms with Crippen molar-refractivity contribution in [2.45, 2.75) is 37.6 Å². The minimum atomic E-state index is -3.41. The Labute approximate surface area is 174 Å². The van der Waals surface area contributed by atoms with Crippen molar-refractivity contribution in [1.82, 2.24) is 14.9 Å². The largest absolute Gasteiger partial charge is 0.357 e. The third-order valence-corrected chi connectivity index (χ3v) is 5.92. The van der Waals surface area contributed by atoms with Crippen molar-refractivity contribution in [1.29, 1.82) is 0 Å². The Morgan fingerprint density at radius 3 is 2.65 bits per heavy atom. The van der Waals surface area contributed by atoms with Gasteiger partial charge in [0.1, 0.15) is 0 Å². The summed E-state index contributed by atoms with van der Waals surface area (Å²) in [4.78, 5) is 4.85. The van der Waals surface area contributed by atoms with Crippen molar-refractivity contribution in [3.8, 4) is 0 Å². The molecule has 1 aromatic rings. The molecule has 1 aromatic carbocycles. The first-order valence-electron chi connectivity index (χ1n) is 8.80. The molecule has 0 unspecified atom stereocenters. The van der Waals surface area contributed by atoms with Gasteiger partial charge in [0.2, 0.25) is 10.0 Å². The van der Waals surface area contributed by atoms with Crippen LogP contribution in [0.3, 0.4) is 0 Å². The molecule has 2 N–H and O–H groups in total. The molecule has 26 heavy (non-hydrogen) atoms. The number of halogens is 1. The molecule has 1 fully saturated rings. The number of rotatable bonds is 7. The highest BCUT2D eigenvalue weighted by Gasteiger charge is 2.25. The molecular formula is C18H29IN4O2S. The third kappa shape index (κ3) is 6.55. The van der Waals surface area contributed by atoms with Gasteiger partial charge in [-0.25, -0.2) is 13.4 Å². The molecule has 0 amide bonds. The van der Waals surface area contributed by atoms with E-state index in [1.165, 1.54) is 0 Å². The van der Waals surface area contributed by atoms with Gasteiger partial charge in [-0.2, -0.15) is 4.31 Å². The average molecular weight is 492 g/mol. The molecule has 1 aliphatic heterocycles. The Kier molecular flexibility index (Phi) is 10.2. The highest BCUT2D eigenvalue weighted by atomic mass is 127. The number of piperidine rings is 1. The van der Waals surface area contributed by atoms with Gasteiger partial charge < -0.3 is 10.6 Å². The normalized spacial score (nSPS) is 15.8. The number of benzene rings is 1. The molecule has 0 saturated carbocycles. The van der Waals surface area contributed by atoms with E-state index in [4.69, 9.17) is 0 Å². The minimum Gasteiger partial charge on any atom is -0.357 e. The van der Waals surface area contributed by atoms with E-state index in [1.54, 1.807) is 28.6 Å². The summed E-state index contributed by atoms with van der Waals surface area (Å²) in [5.74, 6) is 0.687. The SMILES string of the molecule is C=CCNC(=NCc1cccc(S(=O)(=O)N2CCCCC2)c1)NCC.I. The van der Waals surface area contributed by atoms with E-state index in [9.17, 15) is 8.42 Å². The van der Waals surface area contributed by atoms with E-state index in [0.717, 1.165) is 31.4 Å². The second-order valence-corrected chi connectivity index (χ2v) is 7.91. The summed E-state index contributed by atoms with van der Waals surface area (Å²) in [6, 6.07) is 7.07. The van der Waals surface area contributed by atoms with Crippen LogP contribution in [0.5, 0.6) is 0 Å². The molecule has 2 rings (SSSR count). The topological polar surface area (TPSA) is 73.8 Å². The second-order valence-electron chi connectivity index (χ2n) is 5.98. The van der Waals surface area contributed by atoms with Gasteiger partial charge in [-0.05, 0) is 37.5 Å². The molecule has 0 bridgehead atoms. The average Bonchev–Trinajstić information content (AvgIpc) is 2.65. The molecule has 0 atom stereocenters. The maximum Gasteiger partial charge on any atom is 0.243 e. The van der Waals surface area contributed by atoms with E-state index in [1.807, 2.05) is 13.0 Å². The Morgan fingerprint density at radius 2 is 2.00 bits per heavy atom. The standard InChI is InChI=1S/C18H28N4O2S.HI/c1-3-11-20-18(19-4-2)21-15-16-9-8-10-17(14-16)25(23,24)22-12-6-5-7-13-22;/h3,8-10,14H,1,4-7,11-13,15H2,2H3,(H2,19,20,21);1H. The Morgan fingerprint density at radius 1 is 1.27 bits per heavy atom. The lowest BCUT2D eigenvalue weighted by Gasteiger charge is -2.26. The molecule has 0 aliphatic carbocycles. The number of aliphatic imine (C=N–C) groups is 1. The van der Waals surface area contributed by atoms with Crippen molar-refractivity contribution in [3.05, 3.63) is 42.5 Å². The highest BCUT2D eigenvalue weighted by Crippen LogP contribution is 2.21. The lowest BCUT2D eigenvalue weighted by Crippen LogP contribution is -2.37. The van der Waals surface area contributed by atoms with Crippen LogP contribution in [-0.2, 0) is 16.6 Å². The van der Waals surface area contributed by atoms with Crippen LogP contribution in [0.25, 0.3) is 0 Å². The quantitative estimate of drug-likeness (QED) is 0.266. The summed E-state index contributed by atoms with van der Waals surface area (Å²) in [6.45, 7) is 8.69. The maximum atomic E-state index is 12.8. The first-order valence-corrected chi connectivity index (χ1v) is 10.2. The molecule has 1 saturated heterocycles. The van der Waals surface area contributed by atoms with Gasteiger partial charge >= 0.3 is 0 Å². The van der Waals surface area contributed by atoms with Crippen LogP contribution in [-0.4, -0.2) is 44.9 Å². The van der Waals surface area contributed by atoms with Crippen molar-refractivity contribution in [2.75, 3.05) is 26.2 Å². The lowest BCUT2D eigenvalue weighted by molar-refractivity contribution is 0.346. The van der Waals surface area contributed by atoms with Crippen molar-refractivity contribution in [3.63, 3.8) is 0 Å². The molecule has 1 heterocycles. The molecule has 146 valence electrons. The molecule has 6 nitrogen and oxygen atoms in total. The second kappa shape index (κ2) is 11.6. The van der Waals surface area contributed by atoms with Gasteiger partial charge in [0.05, 0.1) is 11.4 Å². The molecular weight excluding hydrogens is 463 g/mol. The van der Waals surface area contributed by atoms with Crippen LogP contribution in [0.15, 0.2) is 46.8 Å². The molecule has 0 spiro atoms. The summed E-state index contributed by atoms with van der Waals surface area (Å²) >= 11 is 0. The van der Waals surface area contributed by atoms with E-state index in [0.29, 0.717) is 37.0 Å². The number of nitrogens with one attached hydrogen (secondary N) is 2. The van der Waals surface area contributed by atoms with E-state index < -0.39 is 10.0 Å². The van der Waals surface area contributed by atoms with Crippen molar-refractivity contribution in [2.24, 2.45) is 4.99 Å². The number of guanidine groups is 1. The van der Waals surface area contributed by atoms with Gasteiger partial charge in [0.15, 0.2) is 5.96 Å². The summed E-state index contributed by atoms with van der Waals surface area (Å²) in [5.41, 5.74) is 0.869. The van der Waals surface area contributed by atoms with E-state index in [2.05, 4.69) is 22.2 Å². The van der Waals surface area contributed by atoms with E-state index >= 15 is 0 Å². The van der Waals surface area contributed by atoms with Crippen molar-refractivity contribution < 1.29 is 8.42 Å². The molecule has 8 heteroatoms. The number of sulfonamides is 1. The maximum absolute atomic E-state index is 12.8. The zero-order chi connectivity index (χ0) is 18.1. The predicted octanol–water partition coefficient (Wildman–Crippen LogP) is 2.72. The molecule has 0 radical (unpaired) electrons. The number of hydrogen-bond donors (Lipinski definition) is 2. The zero-order valence-corrected chi connectivity index (χ0v) is 18.4. The Hall–Kier alpha value is -1.13. The van der Waals surface area contributed by atoms with Gasteiger partial charge in [-0.15, -0.1) is 30.6 Å². The smallest absolute Gasteiger partial charge is 0.243 e. The monoisotopic (exact) mass is 492 g/mol. The highest BCUT2D eigenvalue weighted by molar-refractivity contribution is 14.0. The zero-order valence-electron chi connectivity index (χ0n) is 15.3. The van der Waals surface area contributed by atoms with Crippen LogP contribution < -0.4 is 10.6 Å². The summed E-state index contributed by atoms with van der Waals surface area (Å²) in [5, 5.41) is 6.28. The Bertz CT molecular complexity index is 701. The van der Waals surface area contributed by atoms with Crippen molar-refractivity contribution >= 4 is 40.0 Å². The first kappa shape index (κ1) is 22.9.